The number of aromatic amines is 1. The van der Waals surface area contributed by atoms with E-state index in [0.717, 1.165) is 31.2 Å². The Morgan fingerprint density at radius 2 is 2.22 bits per heavy atom. The Bertz CT molecular complexity index is 967. The van der Waals surface area contributed by atoms with Gasteiger partial charge in [-0.15, -0.1) is 0 Å². The van der Waals surface area contributed by atoms with Crippen LogP contribution in [0.1, 0.15) is 36.0 Å². The highest BCUT2D eigenvalue weighted by atomic mass is 19.1. The molecule has 0 aliphatic carbocycles. The van der Waals surface area contributed by atoms with Gasteiger partial charge in [0, 0.05) is 27.5 Å². The lowest BCUT2D eigenvalue weighted by molar-refractivity contribution is 0.00662. The summed E-state index contributed by atoms with van der Waals surface area (Å²) >= 11 is 0. The standard InChI is InChI=1S/C20H24FN5O.2H2/c1-13(2)11-20(27)8-4-10-26(12-20)16-7-6-15(21)18(23-16)17-14-5-3-9-22-19(14)25-24-17;;/h3,5-7,9,13,27H,4,8,10-12H2,1-2H3,(H,22,24,25);2*1H. The van der Waals surface area contributed by atoms with Crippen molar-refractivity contribution >= 4 is 16.9 Å². The van der Waals surface area contributed by atoms with Gasteiger partial charge >= 0.3 is 0 Å². The fraction of sp³-hybridized carbons (Fsp3) is 0.450. The van der Waals surface area contributed by atoms with Crippen molar-refractivity contribution in [2.24, 2.45) is 5.92 Å². The van der Waals surface area contributed by atoms with Gasteiger partial charge in [0.05, 0.1) is 11.3 Å². The summed E-state index contributed by atoms with van der Waals surface area (Å²) < 4.78 is 14.6. The monoisotopic (exact) mass is 373 g/mol. The second kappa shape index (κ2) is 6.88. The van der Waals surface area contributed by atoms with E-state index in [1.54, 1.807) is 18.3 Å². The molecule has 6 nitrogen and oxygen atoms in total. The Labute approximate surface area is 160 Å². The van der Waals surface area contributed by atoms with Crippen molar-refractivity contribution in [1.29, 1.82) is 0 Å². The predicted octanol–water partition coefficient (Wildman–Crippen LogP) is 4.03. The SMILES string of the molecule is CC(C)CC1(O)CCCN(c2ccc(F)c(-c3[nH]nc4ncccc34)n2)C1.[HH].[HH]. The normalized spacial score (nSPS) is 20.6. The van der Waals surface area contributed by atoms with Crippen LogP contribution < -0.4 is 4.90 Å². The molecule has 7 heteroatoms. The molecule has 1 fully saturated rings. The van der Waals surface area contributed by atoms with Gasteiger partial charge in [-0.2, -0.15) is 5.10 Å². The number of β-amino-alcohol motifs (C(OH)–C–C–N with tert-alkyl or cyclic N) is 1. The molecule has 0 spiro atoms. The summed E-state index contributed by atoms with van der Waals surface area (Å²) in [5.74, 6) is 0.665. The number of H-pyrrole nitrogens is 1. The number of fused-ring (bicyclic) bond motifs is 1. The van der Waals surface area contributed by atoms with Gasteiger partial charge in [-0.3, -0.25) is 5.10 Å². The fourth-order valence-corrected chi connectivity index (χ4v) is 4.05. The first-order chi connectivity index (χ1) is 13.0. The van der Waals surface area contributed by atoms with Crippen LogP contribution in [0.2, 0.25) is 0 Å². The first-order valence-electron chi connectivity index (χ1n) is 9.38. The van der Waals surface area contributed by atoms with Gasteiger partial charge in [0.25, 0.3) is 0 Å². The van der Waals surface area contributed by atoms with Crippen LogP contribution in [0.5, 0.6) is 0 Å². The van der Waals surface area contributed by atoms with Crippen molar-refractivity contribution in [2.75, 3.05) is 18.0 Å². The smallest absolute Gasteiger partial charge is 0.181 e. The highest BCUT2D eigenvalue weighted by Crippen LogP contribution is 2.32. The molecule has 3 aromatic rings. The Balaban J connectivity index is 0.00000150. The topological polar surface area (TPSA) is 77.9 Å². The van der Waals surface area contributed by atoms with E-state index >= 15 is 0 Å². The summed E-state index contributed by atoms with van der Waals surface area (Å²) in [7, 11) is 0. The second-order valence-corrected chi connectivity index (χ2v) is 7.82. The van der Waals surface area contributed by atoms with E-state index < -0.39 is 11.4 Å². The maximum atomic E-state index is 14.6. The molecule has 0 saturated carbocycles. The molecule has 2 N–H and O–H groups in total. The van der Waals surface area contributed by atoms with E-state index in [-0.39, 0.29) is 8.55 Å². The van der Waals surface area contributed by atoms with Crippen LogP contribution in [0.15, 0.2) is 30.5 Å². The zero-order valence-corrected chi connectivity index (χ0v) is 15.6. The minimum atomic E-state index is -0.729. The maximum absolute atomic E-state index is 14.6. The predicted molar refractivity (Wildman–Crippen MR) is 107 cm³/mol. The third-order valence-electron chi connectivity index (χ3n) is 5.07. The van der Waals surface area contributed by atoms with Crippen LogP contribution in [-0.2, 0) is 0 Å². The zero-order valence-electron chi connectivity index (χ0n) is 15.6. The molecule has 0 radical (unpaired) electrons. The van der Waals surface area contributed by atoms with E-state index in [0.29, 0.717) is 29.6 Å². The molecule has 0 aromatic carbocycles. The van der Waals surface area contributed by atoms with E-state index in [2.05, 4.69) is 34.0 Å². The Hall–Kier alpha value is -2.54. The summed E-state index contributed by atoms with van der Waals surface area (Å²) in [4.78, 5) is 10.8. The number of pyridine rings is 2. The maximum Gasteiger partial charge on any atom is 0.181 e. The minimum absolute atomic E-state index is 0. The van der Waals surface area contributed by atoms with Crippen LogP contribution in [0, 0.1) is 11.7 Å². The van der Waals surface area contributed by atoms with Gasteiger partial charge in [-0.05, 0) is 49.4 Å². The summed E-state index contributed by atoms with van der Waals surface area (Å²) in [5.41, 5.74) is 0.545. The van der Waals surface area contributed by atoms with Gasteiger partial charge in [0.15, 0.2) is 11.5 Å². The number of nitrogens with one attached hydrogen (secondary N) is 1. The summed E-state index contributed by atoms with van der Waals surface area (Å²) in [6.45, 7) is 5.53. The number of hydrogen-bond donors (Lipinski definition) is 2. The molecule has 1 aliphatic heterocycles. The lowest BCUT2D eigenvalue weighted by atomic mass is 9.85. The van der Waals surface area contributed by atoms with Crippen LogP contribution in [0.25, 0.3) is 22.4 Å². The van der Waals surface area contributed by atoms with Gasteiger partial charge in [-0.25, -0.2) is 14.4 Å². The molecular formula is C20H28FN5O. The lowest BCUT2D eigenvalue weighted by Gasteiger charge is -2.40. The van der Waals surface area contributed by atoms with Crippen molar-refractivity contribution in [3.05, 3.63) is 36.3 Å². The molecule has 1 aliphatic rings. The van der Waals surface area contributed by atoms with E-state index in [1.807, 2.05) is 11.0 Å². The first-order valence-corrected chi connectivity index (χ1v) is 9.38. The number of aliphatic hydroxyl groups is 1. The number of hydrogen-bond acceptors (Lipinski definition) is 5. The molecule has 3 aromatic heterocycles. The van der Waals surface area contributed by atoms with Crippen LogP contribution in [0.4, 0.5) is 10.2 Å². The number of halogens is 1. The Morgan fingerprint density at radius 3 is 3.04 bits per heavy atom. The molecule has 27 heavy (non-hydrogen) atoms. The van der Waals surface area contributed by atoms with Crippen molar-refractivity contribution in [3.63, 3.8) is 0 Å². The average molecular weight is 373 g/mol. The number of rotatable bonds is 4. The number of nitrogens with zero attached hydrogens (tertiary/aromatic N) is 4. The van der Waals surface area contributed by atoms with E-state index in [4.69, 9.17) is 0 Å². The second-order valence-electron chi connectivity index (χ2n) is 7.82. The largest absolute Gasteiger partial charge is 0.388 e. The van der Waals surface area contributed by atoms with Crippen molar-refractivity contribution in [1.82, 2.24) is 20.2 Å². The number of anilines is 1. The molecule has 1 saturated heterocycles. The third-order valence-corrected chi connectivity index (χ3v) is 5.07. The van der Waals surface area contributed by atoms with Crippen molar-refractivity contribution < 1.29 is 12.4 Å². The molecule has 146 valence electrons. The van der Waals surface area contributed by atoms with E-state index in [1.165, 1.54) is 6.07 Å². The number of piperidine rings is 1. The van der Waals surface area contributed by atoms with Gasteiger partial charge in [-0.1, -0.05) is 13.8 Å². The van der Waals surface area contributed by atoms with Crippen LogP contribution >= 0.6 is 0 Å². The first kappa shape index (κ1) is 17.9. The highest BCUT2D eigenvalue weighted by Gasteiger charge is 2.34. The Morgan fingerprint density at radius 1 is 1.37 bits per heavy atom. The Kier molecular flexibility index (Phi) is 4.55. The summed E-state index contributed by atoms with van der Waals surface area (Å²) in [5, 5.41) is 18.7. The van der Waals surface area contributed by atoms with Crippen molar-refractivity contribution in [2.45, 2.75) is 38.7 Å². The lowest BCUT2D eigenvalue weighted by Crippen LogP contribution is -2.49. The quantitative estimate of drug-likeness (QED) is 0.722. The van der Waals surface area contributed by atoms with Gasteiger partial charge in [0.2, 0.25) is 0 Å². The molecule has 4 heterocycles. The van der Waals surface area contributed by atoms with Crippen LogP contribution in [0.3, 0.4) is 0 Å². The van der Waals surface area contributed by atoms with Crippen molar-refractivity contribution in [3.8, 4) is 11.4 Å². The molecule has 1 atom stereocenters. The summed E-state index contributed by atoms with van der Waals surface area (Å²) in [6, 6.07) is 6.74. The van der Waals surface area contributed by atoms with Gasteiger partial charge in [0.1, 0.15) is 11.5 Å². The fourth-order valence-electron chi connectivity index (χ4n) is 4.05. The molecule has 0 bridgehead atoms. The average Bonchev–Trinajstić information content (AvgIpc) is 3.05. The minimum Gasteiger partial charge on any atom is -0.388 e. The third kappa shape index (κ3) is 3.51. The van der Waals surface area contributed by atoms with Crippen LogP contribution in [-0.4, -0.2) is 44.0 Å². The molecule has 1 unspecified atom stereocenters. The van der Waals surface area contributed by atoms with Gasteiger partial charge < -0.3 is 10.0 Å². The zero-order chi connectivity index (χ0) is 19.0. The molecular weight excluding hydrogens is 345 g/mol. The number of aromatic nitrogens is 4. The van der Waals surface area contributed by atoms with E-state index in [9.17, 15) is 9.50 Å². The molecule has 0 amide bonds. The molecule has 4 rings (SSSR count). The highest BCUT2D eigenvalue weighted by molar-refractivity contribution is 5.89. The summed E-state index contributed by atoms with van der Waals surface area (Å²) in [6.07, 6.45) is 4.06.